The Morgan fingerprint density at radius 1 is 1.38 bits per heavy atom. The molecule has 0 spiro atoms. The number of ether oxygens (including phenoxy) is 1. The Balaban J connectivity index is 3.07. The van der Waals surface area contributed by atoms with Crippen molar-refractivity contribution in [2.24, 2.45) is 0 Å². The molecule has 0 heterocycles. The molecule has 0 bridgehead atoms. The van der Waals surface area contributed by atoms with E-state index in [1.165, 1.54) is 0 Å². The Labute approximate surface area is 52.5 Å². The Morgan fingerprint density at radius 2 is 2.00 bits per heavy atom. The highest BCUT2D eigenvalue weighted by molar-refractivity contribution is 6.51. The lowest BCUT2D eigenvalue weighted by Crippen LogP contribution is -2.21. The molecule has 0 aromatic rings. The predicted octanol–water partition coefficient (Wildman–Crippen LogP) is 0.562. The van der Waals surface area contributed by atoms with Gasteiger partial charge >= 0.3 is 0 Å². The van der Waals surface area contributed by atoms with Crippen LogP contribution in [0.1, 0.15) is 6.92 Å². The van der Waals surface area contributed by atoms with Gasteiger partial charge in [0.2, 0.25) is 9.04 Å². The topological polar surface area (TPSA) is 18.5 Å². The highest BCUT2D eigenvalue weighted by atomic mass is 28.3. The van der Waals surface area contributed by atoms with E-state index in [4.69, 9.17) is 9.16 Å². The Bertz CT molecular complexity index is 45.7. The summed E-state index contributed by atoms with van der Waals surface area (Å²) in [5.74, 6) is 0. The third kappa shape index (κ3) is 3.18. The predicted molar refractivity (Wildman–Crippen MR) is 36.5 cm³/mol. The van der Waals surface area contributed by atoms with Crippen molar-refractivity contribution in [1.82, 2.24) is 0 Å². The molecule has 3 heteroatoms. The molecule has 50 valence electrons. The molecule has 0 rings (SSSR count). The SMILES string of the molecule is CC[SiH](COC)OC. The van der Waals surface area contributed by atoms with E-state index in [-0.39, 0.29) is 0 Å². The van der Waals surface area contributed by atoms with Crippen LogP contribution in [0.4, 0.5) is 0 Å². The molecular weight excluding hydrogens is 120 g/mol. The van der Waals surface area contributed by atoms with Crippen LogP contribution in [0.3, 0.4) is 0 Å². The highest BCUT2D eigenvalue weighted by Crippen LogP contribution is 1.90. The molecule has 0 aliphatic rings. The number of methoxy groups -OCH3 is 1. The molecule has 1 atom stereocenters. The molecule has 0 aromatic carbocycles. The van der Waals surface area contributed by atoms with Crippen LogP contribution in [-0.4, -0.2) is 29.5 Å². The molecule has 0 saturated carbocycles. The number of hydrogen-bond donors (Lipinski definition) is 0. The van der Waals surface area contributed by atoms with Crippen molar-refractivity contribution >= 4 is 9.04 Å². The minimum Gasteiger partial charge on any atom is -0.421 e. The molecule has 0 fully saturated rings. The second-order valence-corrected chi connectivity index (χ2v) is 4.59. The number of hydrogen-bond acceptors (Lipinski definition) is 2. The van der Waals surface area contributed by atoms with Crippen molar-refractivity contribution in [2.75, 3.05) is 20.4 Å². The largest absolute Gasteiger partial charge is 0.421 e. The van der Waals surface area contributed by atoms with E-state index < -0.39 is 9.04 Å². The Kier molecular flexibility index (Phi) is 5.37. The first-order valence-corrected chi connectivity index (χ1v) is 4.97. The van der Waals surface area contributed by atoms with Gasteiger partial charge in [-0.1, -0.05) is 6.92 Å². The average Bonchev–Trinajstić information content (AvgIpc) is 1.83. The number of rotatable bonds is 4. The quantitative estimate of drug-likeness (QED) is 0.523. The summed E-state index contributed by atoms with van der Waals surface area (Å²) in [5.41, 5.74) is 0. The summed E-state index contributed by atoms with van der Waals surface area (Å²) >= 11 is 0. The molecule has 0 aliphatic carbocycles. The van der Waals surface area contributed by atoms with E-state index >= 15 is 0 Å². The molecule has 8 heavy (non-hydrogen) atoms. The van der Waals surface area contributed by atoms with Crippen molar-refractivity contribution in [1.29, 1.82) is 0 Å². The van der Waals surface area contributed by atoms with Gasteiger partial charge in [-0.15, -0.1) is 0 Å². The monoisotopic (exact) mass is 134 g/mol. The van der Waals surface area contributed by atoms with Gasteiger partial charge in [0.15, 0.2) is 0 Å². The summed E-state index contributed by atoms with van der Waals surface area (Å²) < 4.78 is 10.1. The second kappa shape index (κ2) is 5.28. The molecule has 0 saturated heterocycles. The van der Waals surface area contributed by atoms with Gasteiger partial charge in [0, 0.05) is 14.2 Å². The zero-order chi connectivity index (χ0) is 6.41. The molecule has 0 amide bonds. The van der Waals surface area contributed by atoms with Crippen molar-refractivity contribution in [3.05, 3.63) is 0 Å². The van der Waals surface area contributed by atoms with Crippen LogP contribution >= 0.6 is 0 Å². The normalized spacial score (nSPS) is 13.9. The first-order valence-electron chi connectivity index (χ1n) is 2.86. The minimum atomic E-state index is -0.914. The van der Waals surface area contributed by atoms with Crippen molar-refractivity contribution in [3.63, 3.8) is 0 Å². The molecule has 0 radical (unpaired) electrons. The lowest BCUT2D eigenvalue weighted by molar-refractivity contribution is 0.229. The van der Waals surface area contributed by atoms with Gasteiger partial charge in [-0.2, -0.15) is 0 Å². The molecule has 1 unspecified atom stereocenters. The van der Waals surface area contributed by atoms with Crippen molar-refractivity contribution < 1.29 is 9.16 Å². The van der Waals surface area contributed by atoms with Crippen molar-refractivity contribution in [2.45, 2.75) is 13.0 Å². The van der Waals surface area contributed by atoms with E-state index in [9.17, 15) is 0 Å². The summed E-state index contributed by atoms with van der Waals surface area (Å²) in [6, 6.07) is 1.16. The van der Waals surface area contributed by atoms with Gasteiger partial charge in [-0.25, -0.2) is 0 Å². The zero-order valence-electron chi connectivity index (χ0n) is 5.81. The van der Waals surface area contributed by atoms with Gasteiger partial charge in [0.05, 0.1) is 6.23 Å². The lowest BCUT2D eigenvalue weighted by Gasteiger charge is -2.07. The smallest absolute Gasteiger partial charge is 0.201 e. The fourth-order valence-electron chi connectivity index (χ4n) is 0.538. The maximum atomic E-state index is 5.15. The molecule has 0 aliphatic heterocycles. The lowest BCUT2D eigenvalue weighted by atomic mass is 11.0. The van der Waals surface area contributed by atoms with Crippen molar-refractivity contribution in [3.8, 4) is 0 Å². The third-order valence-electron chi connectivity index (χ3n) is 1.14. The Morgan fingerprint density at radius 3 is 2.12 bits per heavy atom. The van der Waals surface area contributed by atoms with Crippen LogP contribution in [0.15, 0.2) is 0 Å². The van der Waals surface area contributed by atoms with Crippen LogP contribution < -0.4 is 0 Å². The second-order valence-electron chi connectivity index (χ2n) is 1.72. The van der Waals surface area contributed by atoms with Crippen LogP contribution in [0.25, 0.3) is 0 Å². The zero-order valence-corrected chi connectivity index (χ0v) is 6.96. The summed E-state index contributed by atoms with van der Waals surface area (Å²) in [6.45, 7) is 2.14. The van der Waals surface area contributed by atoms with Crippen LogP contribution in [0.2, 0.25) is 6.04 Å². The standard InChI is InChI=1S/C5H14O2Si/c1-4-8(7-3)5-6-2/h8H,4-5H2,1-3H3. The van der Waals surface area contributed by atoms with E-state index in [0.717, 1.165) is 12.3 Å². The van der Waals surface area contributed by atoms with E-state index in [1.807, 2.05) is 0 Å². The maximum absolute atomic E-state index is 5.15. The van der Waals surface area contributed by atoms with Gasteiger partial charge in [-0.05, 0) is 6.04 Å². The van der Waals surface area contributed by atoms with E-state index in [2.05, 4.69) is 6.92 Å². The Hall–Kier alpha value is 0.137. The molecule has 0 aromatic heterocycles. The summed E-state index contributed by atoms with van der Waals surface area (Å²) in [7, 11) is 2.57. The fraction of sp³-hybridized carbons (Fsp3) is 1.00. The summed E-state index contributed by atoms with van der Waals surface area (Å²) in [6.07, 6.45) is 0.840. The van der Waals surface area contributed by atoms with Crippen LogP contribution in [0.5, 0.6) is 0 Å². The minimum absolute atomic E-state index is 0.840. The maximum Gasteiger partial charge on any atom is 0.201 e. The fourth-order valence-corrected chi connectivity index (χ4v) is 1.62. The van der Waals surface area contributed by atoms with Gasteiger partial charge < -0.3 is 9.16 Å². The van der Waals surface area contributed by atoms with Gasteiger partial charge in [0.25, 0.3) is 0 Å². The highest BCUT2D eigenvalue weighted by Gasteiger charge is 2.03. The van der Waals surface area contributed by atoms with E-state index in [0.29, 0.717) is 0 Å². The van der Waals surface area contributed by atoms with Crippen LogP contribution in [-0.2, 0) is 9.16 Å². The van der Waals surface area contributed by atoms with Gasteiger partial charge in [-0.3, -0.25) is 0 Å². The summed E-state index contributed by atoms with van der Waals surface area (Å²) in [5, 5.41) is 0. The third-order valence-corrected chi connectivity index (χ3v) is 3.42. The van der Waals surface area contributed by atoms with Crippen LogP contribution in [0, 0.1) is 0 Å². The molecule has 0 N–H and O–H groups in total. The molecular formula is C5H14O2Si. The molecule has 2 nitrogen and oxygen atoms in total. The van der Waals surface area contributed by atoms with Gasteiger partial charge in [0.1, 0.15) is 0 Å². The first-order chi connectivity index (χ1) is 3.85. The first kappa shape index (κ1) is 8.14. The summed E-state index contributed by atoms with van der Waals surface area (Å²) in [4.78, 5) is 0. The van der Waals surface area contributed by atoms with E-state index in [1.54, 1.807) is 14.2 Å². The average molecular weight is 134 g/mol.